The van der Waals surface area contributed by atoms with Crippen LogP contribution in [0.4, 0.5) is 5.95 Å². The molecule has 0 aromatic carbocycles. The van der Waals surface area contributed by atoms with Crippen LogP contribution >= 0.6 is 0 Å². The second-order valence-electron chi connectivity index (χ2n) is 4.39. The van der Waals surface area contributed by atoms with Crippen molar-refractivity contribution >= 4 is 11.9 Å². The molecule has 1 aromatic heterocycles. The van der Waals surface area contributed by atoms with Gasteiger partial charge >= 0.3 is 0 Å². The Morgan fingerprint density at radius 1 is 1.56 bits per heavy atom. The van der Waals surface area contributed by atoms with Crippen molar-refractivity contribution in [2.75, 3.05) is 11.4 Å². The Balaban J connectivity index is 2.26. The average molecular weight is 245 g/mol. The fourth-order valence-electron chi connectivity index (χ4n) is 2.30. The van der Waals surface area contributed by atoms with E-state index >= 15 is 0 Å². The molecule has 1 aliphatic rings. The number of rotatable bonds is 4. The zero-order chi connectivity index (χ0) is 13.0. The van der Waals surface area contributed by atoms with E-state index in [1.807, 2.05) is 11.0 Å². The number of amides is 1. The first-order valence-electron chi connectivity index (χ1n) is 5.99. The molecule has 1 aliphatic carbocycles. The van der Waals surface area contributed by atoms with Crippen LogP contribution in [-0.2, 0) is 4.79 Å². The van der Waals surface area contributed by atoms with Gasteiger partial charge in [0.2, 0.25) is 11.9 Å². The smallest absolute Gasteiger partial charge is 0.237 e. The van der Waals surface area contributed by atoms with Crippen LogP contribution in [-0.4, -0.2) is 28.5 Å². The lowest BCUT2D eigenvalue weighted by atomic mass is 10.2. The quantitative estimate of drug-likeness (QED) is 0.837. The van der Waals surface area contributed by atoms with E-state index in [1.54, 1.807) is 6.07 Å². The third-order valence-corrected chi connectivity index (χ3v) is 3.11. The van der Waals surface area contributed by atoms with Crippen LogP contribution in [0.3, 0.4) is 0 Å². The number of carbonyl (C=O) groups is 1. The van der Waals surface area contributed by atoms with Crippen molar-refractivity contribution < 1.29 is 4.79 Å². The molecule has 1 fully saturated rings. The second kappa shape index (κ2) is 5.45. The van der Waals surface area contributed by atoms with E-state index in [9.17, 15) is 4.79 Å². The Labute approximate surface area is 105 Å². The van der Waals surface area contributed by atoms with Gasteiger partial charge < -0.3 is 10.6 Å². The van der Waals surface area contributed by atoms with Crippen molar-refractivity contribution in [2.45, 2.75) is 31.7 Å². The van der Waals surface area contributed by atoms with E-state index in [4.69, 9.17) is 11.0 Å². The van der Waals surface area contributed by atoms with Gasteiger partial charge in [0.25, 0.3) is 0 Å². The van der Waals surface area contributed by atoms with Crippen molar-refractivity contribution in [1.29, 1.82) is 5.26 Å². The maximum absolute atomic E-state index is 11.2. The number of hydrogen-bond acceptors (Lipinski definition) is 5. The van der Waals surface area contributed by atoms with Gasteiger partial charge in [-0.3, -0.25) is 4.79 Å². The lowest BCUT2D eigenvalue weighted by Crippen LogP contribution is -2.41. The van der Waals surface area contributed by atoms with Gasteiger partial charge in [0.05, 0.1) is 6.54 Å². The Morgan fingerprint density at radius 2 is 2.28 bits per heavy atom. The Hall–Kier alpha value is -2.16. The van der Waals surface area contributed by atoms with Crippen molar-refractivity contribution in [1.82, 2.24) is 9.97 Å². The fourth-order valence-corrected chi connectivity index (χ4v) is 2.30. The van der Waals surface area contributed by atoms with Crippen LogP contribution in [0.25, 0.3) is 0 Å². The van der Waals surface area contributed by atoms with E-state index in [0.717, 1.165) is 25.7 Å². The lowest BCUT2D eigenvalue weighted by Gasteiger charge is -2.27. The van der Waals surface area contributed by atoms with Crippen LogP contribution in [0.5, 0.6) is 0 Å². The van der Waals surface area contributed by atoms with E-state index < -0.39 is 5.91 Å². The number of nitrogens with two attached hydrogens (primary N) is 1. The second-order valence-corrected chi connectivity index (χ2v) is 4.39. The standard InChI is InChI=1S/C12H15N5O/c13-7-9-5-6-15-12(16-9)17(8-11(14)18)10-3-1-2-4-10/h5-6,10H,1-4,8H2,(H2,14,18). The molecule has 0 atom stereocenters. The first-order chi connectivity index (χ1) is 8.70. The molecular formula is C12H15N5O. The van der Waals surface area contributed by atoms with Gasteiger partial charge in [0.15, 0.2) is 0 Å². The number of nitriles is 1. The Kier molecular flexibility index (Phi) is 3.72. The van der Waals surface area contributed by atoms with Crippen molar-refractivity contribution in [3.05, 3.63) is 18.0 Å². The van der Waals surface area contributed by atoms with Crippen LogP contribution in [0.15, 0.2) is 12.3 Å². The molecule has 0 saturated heterocycles. The third kappa shape index (κ3) is 2.74. The molecular weight excluding hydrogens is 230 g/mol. The summed E-state index contributed by atoms with van der Waals surface area (Å²) in [6, 6.07) is 3.76. The molecule has 2 rings (SSSR count). The molecule has 0 radical (unpaired) electrons. The molecule has 1 aromatic rings. The minimum absolute atomic E-state index is 0.0968. The molecule has 6 heteroatoms. The third-order valence-electron chi connectivity index (χ3n) is 3.11. The topological polar surface area (TPSA) is 95.9 Å². The SMILES string of the molecule is N#Cc1ccnc(N(CC(N)=O)C2CCCC2)n1. The van der Waals surface area contributed by atoms with Gasteiger partial charge in [-0.1, -0.05) is 12.8 Å². The van der Waals surface area contributed by atoms with E-state index in [0.29, 0.717) is 11.6 Å². The van der Waals surface area contributed by atoms with Gasteiger partial charge in [-0.15, -0.1) is 0 Å². The predicted molar refractivity (Wildman–Crippen MR) is 65.5 cm³/mol. The maximum atomic E-state index is 11.2. The van der Waals surface area contributed by atoms with Crippen LogP contribution in [0.1, 0.15) is 31.4 Å². The summed E-state index contributed by atoms with van der Waals surface area (Å²) in [4.78, 5) is 21.2. The summed E-state index contributed by atoms with van der Waals surface area (Å²) in [5.41, 5.74) is 5.57. The first kappa shape index (κ1) is 12.3. The molecule has 1 heterocycles. The van der Waals surface area contributed by atoms with Gasteiger partial charge in [0, 0.05) is 12.2 Å². The fraction of sp³-hybridized carbons (Fsp3) is 0.500. The zero-order valence-corrected chi connectivity index (χ0v) is 10.0. The first-order valence-corrected chi connectivity index (χ1v) is 5.99. The Bertz CT molecular complexity index is 476. The van der Waals surface area contributed by atoms with E-state index in [1.165, 1.54) is 6.20 Å². The molecule has 2 N–H and O–H groups in total. The highest BCUT2D eigenvalue weighted by molar-refractivity contribution is 5.79. The highest BCUT2D eigenvalue weighted by atomic mass is 16.1. The zero-order valence-electron chi connectivity index (χ0n) is 10.0. The number of carbonyl (C=O) groups excluding carboxylic acids is 1. The largest absolute Gasteiger partial charge is 0.368 e. The molecule has 6 nitrogen and oxygen atoms in total. The van der Waals surface area contributed by atoms with Gasteiger partial charge in [-0.25, -0.2) is 9.97 Å². The van der Waals surface area contributed by atoms with Crippen molar-refractivity contribution in [3.8, 4) is 6.07 Å². The Morgan fingerprint density at radius 3 is 2.89 bits per heavy atom. The summed E-state index contributed by atoms with van der Waals surface area (Å²) >= 11 is 0. The lowest BCUT2D eigenvalue weighted by molar-refractivity contribution is -0.116. The maximum Gasteiger partial charge on any atom is 0.237 e. The molecule has 94 valence electrons. The summed E-state index contributed by atoms with van der Waals surface area (Å²) < 4.78 is 0. The van der Waals surface area contributed by atoms with Crippen molar-refractivity contribution in [2.24, 2.45) is 5.73 Å². The van der Waals surface area contributed by atoms with Crippen LogP contribution in [0, 0.1) is 11.3 Å². The number of aromatic nitrogens is 2. The average Bonchev–Trinajstić information content (AvgIpc) is 2.89. The minimum Gasteiger partial charge on any atom is -0.368 e. The number of anilines is 1. The summed E-state index contributed by atoms with van der Waals surface area (Å²) in [5, 5.41) is 8.84. The number of primary amides is 1. The minimum atomic E-state index is -0.409. The predicted octanol–water partition coefficient (Wildman–Crippen LogP) is 0.583. The van der Waals surface area contributed by atoms with Crippen LogP contribution < -0.4 is 10.6 Å². The molecule has 0 bridgehead atoms. The van der Waals surface area contributed by atoms with Gasteiger partial charge in [-0.2, -0.15) is 5.26 Å². The van der Waals surface area contributed by atoms with Crippen molar-refractivity contribution in [3.63, 3.8) is 0 Å². The summed E-state index contributed by atoms with van der Waals surface area (Å²) in [7, 11) is 0. The van der Waals surface area contributed by atoms with E-state index in [-0.39, 0.29) is 12.6 Å². The molecule has 0 aliphatic heterocycles. The molecule has 1 amide bonds. The normalized spacial score (nSPS) is 15.3. The highest BCUT2D eigenvalue weighted by Gasteiger charge is 2.25. The van der Waals surface area contributed by atoms with Gasteiger partial charge in [0.1, 0.15) is 11.8 Å². The summed E-state index contributed by atoms with van der Waals surface area (Å²) in [6.07, 6.45) is 5.82. The van der Waals surface area contributed by atoms with Gasteiger partial charge in [-0.05, 0) is 18.9 Å². The summed E-state index contributed by atoms with van der Waals surface area (Å²) in [5.74, 6) is 0.00705. The van der Waals surface area contributed by atoms with Crippen LogP contribution in [0.2, 0.25) is 0 Å². The highest BCUT2D eigenvalue weighted by Crippen LogP contribution is 2.25. The molecule has 18 heavy (non-hydrogen) atoms. The molecule has 1 saturated carbocycles. The van der Waals surface area contributed by atoms with E-state index in [2.05, 4.69) is 9.97 Å². The monoisotopic (exact) mass is 245 g/mol. The summed E-state index contributed by atoms with van der Waals surface area (Å²) in [6.45, 7) is 0.0968. The number of nitrogens with zero attached hydrogens (tertiary/aromatic N) is 4. The number of hydrogen-bond donors (Lipinski definition) is 1. The molecule has 0 unspecified atom stereocenters. The molecule has 0 spiro atoms.